The fraction of sp³-hybridized carbons (Fsp3) is 0.364. The first-order valence-corrected chi connectivity index (χ1v) is 7.05. The molecule has 1 aliphatic rings. The summed E-state index contributed by atoms with van der Waals surface area (Å²) in [6.45, 7) is 0.414. The number of nitrogens with zero attached hydrogens (tertiary/aromatic N) is 1. The van der Waals surface area contributed by atoms with Crippen LogP contribution in [0.15, 0.2) is 24.3 Å². The summed E-state index contributed by atoms with van der Waals surface area (Å²) in [5, 5.41) is 0. The monoisotopic (exact) mass is 257 g/mol. The summed E-state index contributed by atoms with van der Waals surface area (Å²) in [5.74, 6) is -0.650. The highest BCUT2D eigenvalue weighted by molar-refractivity contribution is 7.91. The van der Waals surface area contributed by atoms with E-state index in [4.69, 9.17) is 0 Å². The number of amides is 1. The van der Waals surface area contributed by atoms with Crippen molar-refractivity contribution in [3.05, 3.63) is 35.6 Å². The maximum absolute atomic E-state index is 12.7. The number of carbonyl (C=O) groups excluding carboxylic acids is 1. The maximum atomic E-state index is 12.7. The van der Waals surface area contributed by atoms with Crippen molar-refractivity contribution >= 4 is 15.7 Å². The van der Waals surface area contributed by atoms with E-state index in [1.807, 2.05) is 0 Å². The first-order chi connectivity index (χ1) is 7.98. The fourth-order valence-corrected chi connectivity index (χ4v) is 2.89. The Hall–Kier alpha value is -1.43. The Labute approximate surface area is 99.0 Å². The summed E-state index contributed by atoms with van der Waals surface area (Å²) >= 11 is 0. The average Bonchev–Trinajstić information content (AvgIpc) is 2.29. The van der Waals surface area contributed by atoms with Gasteiger partial charge in [0.05, 0.1) is 11.5 Å². The third kappa shape index (κ3) is 2.82. The molecule has 1 heterocycles. The van der Waals surface area contributed by atoms with Crippen molar-refractivity contribution in [2.75, 3.05) is 24.6 Å². The minimum atomic E-state index is -2.99. The van der Waals surface area contributed by atoms with Crippen LogP contribution in [-0.2, 0) is 9.84 Å². The quantitative estimate of drug-likeness (QED) is 0.744. The molecule has 0 unspecified atom stereocenters. The van der Waals surface area contributed by atoms with Crippen molar-refractivity contribution in [2.45, 2.75) is 0 Å². The van der Waals surface area contributed by atoms with Crippen molar-refractivity contribution in [2.24, 2.45) is 0 Å². The van der Waals surface area contributed by atoms with Crippen LogP contribution in [0.25, 0.3) is 0 Å². The molecule has 1 aromatic carbocycles. The van der Waals surface area contributed by atoms with E-state index in [-0.39, 0.29) is 30.5 Å². The van der Waals surface area contributed by atoms with E-state index in [1.54, 1.807) is 0 Å². The minimum Gasteiger partial charge on any atom is -0.337 e. The molecule has 1 aromatic rings. The highest BCUT2D eigenvalue weighted by Gasteiger charge is 2.25. The molecule has 1 saturated heterocycles. The number of halogens is 1. The number of hydrogen-bond acceptors (Lipinski definition) is 3. The van der Waals surface area contributed by atoms with Crippen LogP contribution in [0.1, 0.15) is 10.4 Å². The molecule has 0 spiro atoms. The summed E-state index contributed by atoms with van der Waals surface area (Å²) < 4.78 is 35.1. The fourth-order valence-electron chi connectivity index (χ4n) is 1.69. The van der Waals surface area contributed by atoms with Gasteiger partial charge in [-0.3, -0.25) is 4.79 Å². The van der Waals surface area contributed by atoms with Gasteiger partial charge in [-0.15, -0.1) is 0 Å². The average molecular weight is 257 g/mol. The van der Waals surface area contributed by atoms with Gasteiger partial charge in [-0.05, 0) is 24.3 Å². The van der Waals surface area contributed by atoms with Gasteiger partial charge in [-0.2, -0.15) is 0 Å². The maximum Gasteiger partial charge on any atom is 0.253 e. The Morgan fingerprint density at radius 1 is 1.12 bits per heavy atom. The van der Waals surface area contributed by atoms with Gasteiger partial charge in [-0.1, -0.05) is 0 Å². The lowest BCUT2D eigenvalue weighted by Gasteiger charge is -2.26. The van der Waals surface area contributed by atoms with Gasteiger partial charge < -0.3 is 4.90 Å². The molecular formula is C11H12FNO3S. The highest BCUT2D eigenvalue weighted by Crippen LogP contribution is 2.10. The number of hydrogen-bond donors (Lipinski definition) is 0. The SMILES string of the molecule is O=C(c1ccc(F)cc1)N1CCS(=O)(=O)CC1. The Morgan fingerprint density at radius 3 is 2.18 bits per heavy atom. The predicted octanol–water partition coefficient (Wildman–Crippen LogP) is 0.696. The topological polar surface area (TPSA) is 54.5 Å². The number of sulfone groups is 1. The van der Waals surface area contributed by atoms with E-state index in [9.17, 15) is 17.6 Å². The van der Waals surface area contributed by atoms with Gasteiger partial charge in [0.15, 0.2) is 9.84 Å². The standard InChI is InChI=1S/C11H12FNO3S/c12-10-3-1-9(2-4-10)11(14)13-5-7-17(15,16)8-6-13/h1-4H,5-8H2. The van der Waals surface area contributed by atoms with Gasteiger partial charge in [0, 0.05) is 18.7 Å². The van der Waals surface area contributed by atoms with Crippen LogP contribution < -0.4 is 0 Å². The van der Waals surface area contributed by atoms with Gasteiger partial charge in [0.2, 0.25) is 0 Å². The third-order valence-corrected chi connectivity index (χ3v) is 4.33. The molecule has 6 heteroatoms. The lowest BCUT2D eigenvalue weighted by atomic mass is 10.2. The number of rotatable bonds is 1. The summed E-state index contributed by atoms with van der Waals surface area (Å²) in [5.41, 5.74) is 0.380. The van der Waals surface area contributed by atoms with Gasteiger partial charge in [-0.25, -0.2) is 12.8 Å². The zero-order valence-corrected chi connectivity index (χ0v) is 9.91. The Balaban J connectivity index is 2.09. The molecule has 2 rings (SSSR count). The van der Waals surface area contributed by atoms with Crippen LogP contribution in [0.4, 0.5) is 4.39 Å². The first-order valence-electron chi connectivity index (χ1n) is 5.23. The normalized spacial score (nSPS) is 19.0. The van der Waals surface area contributed by atoms with Crippen LogP contribution in [0.2, 0.25) is 0 Å². The predicted molar refractivity (Wildman–Crippen MR) is 61.0 cm³/mol. The second-order valence-corrected chi connectivity index (χ2v) is 6.25. The lowest BCUT2D eigenvalue weighted by molar-refractivity contribution is 0.0770. The van der Waals surface area contributed by atoms with E-state index < -0.39 is 15.7 Å². The van der Waals surface area contributed by atoms with Crippen molar-refractivity contribution < 1.29 is 17.6 Å². The molecule has 1 aliphatic heterocycles. The lowest BCUT2D eigenvalue weighted by Crippen LogP contribution is -2.43. The van der Waals surface area contributed by atoms with Crippen LogP contribution in [-0.4, -0.2) is 43.8 Å². The molecule has 0 saturated carbocycles. The van der Waals surface area contributed by atoms with Gasteiger partial charge >= 0.3 is 0 Å². The third-order valence-electron chi connectivity index (χ3n) is 2.72. The van der Waals surface area contributed by atoms with Crippen molar-refractivity contribution in [3.8, 4) is 0 Å². The second kappa shape index (κ2) is 4.44. The Morgan fingerprint density at radius 2 is 1.65 bits per heavy atom. The van der Waals surface area contributed by atoms with Crippen LogP contribution in [0.5, 0.6) is 0 Å². The molecule has 4 nitrogen and oxygen atoms in total. The molecule has 0 bridgehead atoms. The summed E-state index contributed by atoms with van der Waals surface area (Å²) in [7, 11) is -2.99. The highest BCUT2D eigenvalue weighted by atomic mass is 32.2. The van der Waals surface area contributed by atoms with E-state index in [0.717, 1.165) is 0 Å². The van der Waals surface area contributed by atoms with E-state index >= 15 is 0 Å². The zero-order valence-electron chi connectivity index (χ0n) is 9.10. The summed E-state index contributed by atoms with van der Waals surface area (Å²) in [6.07, 6.45) is 0. The molecule has 0 atom stereocenters. The van der Waals surface area contributed by atoms with Gasteiger partial charge in [0.1, 0.15) is 5.82 Å². The van der Waals surface area contributed by atoms with Crippen LogP contribution >= 0.6 is 0 Å². The Kier molecular flexibility index (Phi) is 3.15. The largest absolute Gasteiger partial charge is 0.337 e. The molecule has 0 radical (unpaired) electrons. The molecule has 0 aliphatic carbocycles. The van der Waals surface area contributed by atoms with Crippen LogP contribution in [0.3, 0.4) is 0 Å². The smallest absolute Gasteiger partial charge is 0.253 e. The minimum absolute atomic E-state index is 0.0000648. The van der Waals surface area contributed by atoms with Gasteiger partial charge in [0.25, 0.3) is 5.91 Å². The van der Waals surface area contributed by atoms with Crippen molar-refractivity contribution in [3.63, 3.8) is 0 Å². The molecule has 92 valence electrons. The number of benzene rings is 1. The zero-order chi connectivity index (χ0) is 12.5. The Bertz CT molecular complexity index is 510. The first kappa shape index (κ1) is 12.0. The summed E-state index contributed by atoms with van der Waals surface area (Å²) in [6, 6.07) is 5.24. The van der Waals surface area contributed by atoms with Crippen molar-refractivity contribution in [1.82, 2.24) is 4.90 Å². The molecule has 17 heavy (non-hydrogen) atoms. The molecule has 0 aromatic heterocycles. The van der Waals surface area contributed by atoms with Crippen LogP contribution in [0, 0.1) is 5.82 Å². The van der Waals surface area contributed by atoms with Crippen molar-refractivity contribution in [1.29, 1.82) is 0 Å². The molecule has 1 fully saturated rings. The van der Waals surface area contributed by atoms with E-state index in [1.165, 1.54) is 29.2 Å². The van der Waals surface area contributed by atoms with E-state index in [2.05, 4.69) is 0 Å². The molecule has 0 N–H and O–H groups in total. The molecular weight excluding hydrogens is 245 g/mol. The second-order valence-electron chi connectivity index (χ2n) is 3.95. The molecule has 1 amide bonds. The summed E-state index contributed by atoms with van der Waals surface area (Å²) in [4.78, 5) is 13.4. The van der Waals surface area contributed by atoms with E-state index in [0.29, 0.717) is 5.56 Å². The number of carbonyl (C=O) groups is 1.